The second kappa shape index (κ2) is 11.5. The van der Waals surface area contributed by atoms with Crippen LogP contribution in [0.5, 0.6) is 5.88 Å². The third kappa shape index (κ3) is 5.99. The second-order valence-electron chi connectivity index (χ2n) is 8.55. The molecule has 198 valence electrons. The number of rotatable bonds is 10. The highest BCUT2D eigenvalue weighted by Gasteiger charge is 2.13. The number of thiophene rings is 2. The van der Waals surface area contributed by atoms with E-state index in [2.05, 4.69) is 31.3 Å². The fourth-order valence-corrected chi connectivity index (χ4v) is 6.09. The summed E-state index contributed by atoms with van der Waals surface area (Å²) in [6.45, 7) is 1.17. The second-order valence-corrected chi connectivity index (χ2v) is 10.7. The molecule has 0 aliphatic carbocycles. The molecule has 0 atom stereocenters. The summed E-state index contributed by atoms with van der Waals surface area (Å²) in [7, 11) is 1.93. The van der Waals surface area contributed by atoms with E-state index >= 15 is 0 Å². The van der Waals surface area contributed by atoms with Crippen LogP contribution in [0, 0.1) is 11.3 Å². The minimum Gasteiger partial charge on any atom is -0.471 e. The third-order valence-electron chi connectivity index (χ3n) is 5.79. The first-order chi connectivity index (χ1) is 18.9. The number of aliphatic hydroxyl groups excluding tert-OH is 1. The smallest absolute Gasteiger partial charge is 0.262 e. The van der Waals surface area contributed by atoms with Crippen molar-refractivity contribution in [3.05, 3.63) is 64.3 Å². The summed E-state index contributed by atoms with van der Waals surface area (Å²) in [6, 6.07) is 13.6. The standard InChI is InChI=1S/C26H24N8O3S2/c1-34(6-7-35)21-10-20-19(39-21)9-18(38-20)8-17(11-27)24(36)29-12-15-2-4-16(5-3-15)13-37-25-22-23(31-14-30-22)32-26(28)33-25/h2-5,8-10,14,35H,6-7,12-13H2,1H3,(H,29,36)(H3,28,30,31,32,33)/b17-8+. The van der Waals surface area contributed by atoms with Crippen LogP contribution in [0.15, 0.2) is 48.3 Å². The molecule has 13 heteroatoms. The molecule has 1 aromatic carbocycles. The summed E-state index contributed by atoms with van der Waals surface area (Å²) < 4.78 is 7.94. The predicted molar refractivity (Wildman–Crippen MR) is 152 cm³/mol. The maximum atomic E-state index is 12.7. The molecule has 5 N–H and O–H groups in total. The molecule has 11 nitrogen and oxygen atoms in total. The van der Waals surface area contributed by atoms with Crippen molar-refractivity contribution in [3.63, 3.8) is 0 Å². The summed E-state index contributed by atoms with van der Waals surface area (Å²) >= 11 is 3.13. The first-order valence-corrected chi connectivity index (χ1v) is 13.5. The van der Waals surface area contributed by atoms with Crippen LogP contribution >= 0.6 is 22.7 Å². The Labute approximate surface area is 231 Å². The van der Waals surface area contributed by atoms with E-state index in [1.165, 1.54) is 17.7 Å². The van der Waals surface area contributed by atoms with E-state index in [4.69, 9.17) is 15.6 Å². The first-order valence-electron chi connectivity index (χ1n) is 11.9. The van der Waals surface area contributed by atoms with Gasteiger partial charge in [0.1, 0.15) is 18.2 Å². The Balaban J connectivity index is 1.17. The van der Waals surface area contributed by atoms with Gasteiger partial charge in [0.05, 0.1) is 17.9 Å². The van der Waals surface area contributed by atoms with Crippen molar-refractivity contribution in [2.24, 2.45) is 0 Å². The lowest BCUT2D eigenvalue weighted by molar-refractivity contribution is -0.117. The number of nitriles is 1. The molecule has 4 aromatic heterocycles. The molecule has 0 aliphatic rings. The average Bonchev–Trinajstić information content (AvgIpc) is 3.65. The Kier molecular flexibility index (Phi) is 7.69. The van der Waals surface area contributed by atoms with E-state index in [1.807, 2.05) is 48.3 Å². The van der Waals surface area contributed by atoms with E-state index in [1.54, 1.807) is 17.4 Å². The van der Waals surface area contributed by atoms with Crippen molar-refractivity contribution in [2.75, 3.05) is 30.8 Å². The number of fused-ring (bicyclic) bond motifs is 2. The van der Waals surface area contributed by atoms with Crippen LogP contribution in [-0.2, 0) is 17.9 Å². The highest BCUT2D eigenvalue weighted by atomic mass is 32.1. The van der Waals surface area contributed by atoms with Gasteiger partial charge in [-0.1, -0.05) is 24.3 Å². The number of anilines is 2. The topological polar surface area (TPSA) is 166 Å². The third-order valence-corrected chi connectivity index (χ3v) is 8.15. The highest BCUT2D eigenvalue weighted by Crippen LogP contribution is 2.38. The van der Waals surface area contributed by atoms with Crippen molar-refractivity contribution in [3.8, 4) is 11.9 Å². The minimum absolute atomic E-state index is 0.0420. The molecule has 0 radical (unpaired) electrons. The summed E-state index contributed by atoms with van der Waals surface area (Å²) in [5.41, 5.74) is 8.55. The number of hydrogen-bond donors (Lipinski definition) is 4. The molecule has 39 heavy (non-hydrogen) atoms. The van der Waals surface area contributed by atoms with Gasteiger partial charge in [-0.3, -0.25) is 4.79 Å². The number of hydrogen-bond acceptors (Lipinski definition) is 11. The number of benzene rings is 1. The molecule has 0 bridgehead atoms. The molecule has 5 aromatic rings. The van der Waals surface area contributed by atoms with E-state index in [-0.39, 0.29) is 31.3 Å². The number of nitrogens with zero attached hydrogens (tertiary/aromatic N) is 5. The van der Waals surface area contributed by atoms with Gasteiger partial charge >= 0.3 is 0 Å². The molecular weight excluding hydrogens is 536 g/mol. The Morgan fingerprint density at radius 1 is 1.23 bits per heavy atom. The number of aromatic amines is 1. The van der Waals surface area contributed by atoms with Crippen molar-refractivity contribution < 1.29 is 14.6 Å². The number of nitrogens with two attached hydrogens (primary N) is 1. The first kappa shape index (κ1) is 26.1. The van der Waals surface area contributed by atoms with Crippen molar-refractivity contribution in [1.82, 2.24) is 25.3 Å². The normalized spacial score (nSPS) is 11.6. The summed E-state index contributed by atoms with van der Waals surface area (Å²) in [4.78, 5) is 30.7. The highest BCUT2D eigenvalue weighted by molar-refractivity contribution is 7.30. The number of imidazole rings is 1. The number of carbonyl (C=O) groups is 1. The van der Waals surface area contributed by atoms with Crippen molar-refractivity contribution in [1.29, 1.82) is 5.26 Å². The zero-order valence-corrected chi connectivity index (χ0v) is 22.5. The van der Waals surface area contributed by atoms with Crippen LogP contribution < -0.4 is 20.7 Å². The number of carbonyl (C=O) groups excluding carboxylic acids is 1. The SMILES string of the molecule is CN(CCO)c1cc2sc(/C=C(\C#N)C(=O)NCc3ccc(COc4nc(N)nc5[nH]cnc45)cc3)cc2s1. The minimum atomic E-state index is -0.436. The van der Waals surface area contributed by atoms with Crippen LogP contribution in [-0.4, -0.2) is 51.1 Å². The summed E-state index contributed by atoms with van der Waals surface area (Å²) in [5, 5.41) is 22.6. The van der Waals surface area contributed by atoms with Crippen LogP contribution in [0.4, 0.5) is 10.9 Å². The number of amides is 1. The zero-order valence-electron chi connectivity index (χ0n) is 20.8. The maximum absolute atomic E-state index is 12.7. The van der Waals surface area contributed by atoms with Gasteiger partial charge in [0.15, 0.2) is 11.2 Å². The quantitative estimate of drug-likeness (QED) is 0.148. The predicted octanol–water partition coefficient (Wildman–Crippen LogP) is 3.44. The Bertz CT molecular complexity index is 1670. The van der Waals surface area contributed by atoms with E-state index < -0.39 is 5.91 Å². The molecule has 0 unspecified atom stereocenters. The molecule has 4 heterocycles. The number of nitrogen functional groups attached to an aromatic ring is 1. The van der Waals surface area contributed by atoms with Gasteiger partial charge < -0.3 is 30.8 Å². The van der Waals surface area contributed by atoms with Crippen molar-refractivity contribution >= 4 is 66.2 Å². The molecular formula is C26H24N8O3S2. The fraction of sp³-hybridized carbons (Fsp3) is 0.192. The Hall–Kier alpha value is -4.51. The summed E-state index contributed by atoms with van der Waals surface area (Å²) in [5.74, 6) is -0.0471. The number of ether oxygens (including phenoxy) is 1. The molecule has 0 fully saturated rings. The van der Waals surface area contributed by atoms with Gasteiger partial charge in [-0.15, -0.1) is 22.7 Å². The monoisotopic (exact) mass is 560 g/mol. The Morgan fingerprint density at radius 3 is 2.74 bits per heavy atom. The maximum Gasteiger partial charge on any atom is 0.262 e. The van der Waals surface area contributed by atoms with Gasteiger partial charge in [-0.05, 0) is 29.3 Å². The fourth-order valence-electron chi connectivity index (χ4n) is 3.76. The van der Waals surface area contributed by atoms with Gasteiger partial charge in [-0.2, -0.15) is 15.2 Å². The number of aromatic nitrogens is 4. The van der Waals surface area contributed by atoms with Crippen LogP contribution in [0.1, 0.15) is 16.0 Å². The molecule has 5 rings (SSSR count). The molecule has 0 saturated carbocycles. The number of likely N-dealkylation sites (N-methyl/N-ethyl adjacent to an activating group) is 1. The zero-order chi connectivity index (χ0) is 27.4. The van der Waals surface area contributed by atoms with Gasteiger partial charge in [0.2, 0.25) is 11.8 Å². The number of nitrogens with one attached hydrogen (secondary N) is 2. The van der Waals surface area contributed by atoms with Gasteiger partial charge in [0.25, 0.3) is 5.91 Å². The van der Waals surface area contributed by atoms with Crippen LogP contribution in [0.3, 0.4) is 0 Å². The van der Waals surface area contributed by atoms with E-state index in [9.17, 15) is 10.1 Å². The average molecular weight is 561 g/mol. The number of aliphatic hydroxyl groups is 1. The molecule has 0 spiro atoms. The lowest BCUT2D eigenvalue weighted by atomic mass is 10.1. The lowest BCUT2D eigenvalue weighted by Crippen LogP contribution is -2.23. The van der Waals surface area contributed by atoms with E-state index in [0.717, 1.165) is 30.4 Å². The lowest BCUT2D eigenvalue weighted by Gasteiger charge is -2.14. The van der Waals surface area contributed by atoms with E-state index in [0.29, 0.717) is 23.6 Å². The van der Waals surface area contributed by atoms with Crippen LogP contribution in [0.25, 0.3) is 26.6 Å². The molecule has 0 aliphatic heterocycles. The van der Waals surface area contributed by atoms with Gasteiger partial charge in [0, 0.05) is 34.4 Å². The molecule has 0 saturated heterocycles. The Morgan fingerprint density at radius 2 is 2.00 bits per heavy atom. The van der Waals surface area contributed by atoms with Gasteiger partial charge in [-0.25, -0.2) is 4.98 Å². The largest absolute Gasteiger partial charge is 0.471 e. The molecule has 1 amide bonds. The van der Waals surface area contributed by atoms with Crippen LogP contribution in [0.2, 0.25) is 0 Å². The number of H-pyrrole nitrogens is 1. The van der Waals surface area contributed by atoms with Crippen molar-refractivity contribution in [2.45, 2.75) is 13.2 Å². The summed E-state index contributed by atoms with van der Waals surface area (Å²) in [6.07, 6.45) is 3.11.